The summed E-state index contributed by atoms with van der Waals surface area (Å²) in [6.45, 7) is 11.0. The van der Waals surface area contributed by atoms with E-state index in [9.17, 15) is 9.59 Å². The molecule has 30 heavy (non-hydrogen) atoms. The molecule has 0 bridgehead atoms. The molecule has 3 rings (SSSR count). The summed E-state index contributed by atoms with van der Waals surface area (Å²) in [5, 5.41) is 8.37. The Morgan fingerprint density at radius 1 is 1.30 bits per heavy atom. The molecule has 0 spiro atoms. The van der Waals surface area contributed by atoms with Crippen molar-refractivity contribution < 1.29 is 9.59 Å². The summed E-state index contributed by atoms with van der Waals surface area (Å²) in [5.41, 5.74) is 2.45. The van der Waals surface area contributed by atoms with E-state index in [-0.39, 0.29) is 17.7 Å². The number of nitrogens with zero attached hydrogens (tertiary/aromatic N) is 2. The molecule has 2 amide bonds. The lowest BCUT2D eigenvalue weighted by atomic mass is 10.0. The van der Waals surface area contributed by atoms with Crippen LogP contribution in [0.3, 0.4) is 0 Å². The predicted octanol–water partition coefficient (Wildman–Crippen LogP) is 4.08. The van der Waals surface area contributed by atoms with Gasteiger partial charge in [0.2, 0.25) is 5.91 Å². The zero-order chi connectivity index (χ0) is 21.7. The molecule has 6 nitrogen and oxygen atoms in total. The Labute approximate surface area is 183 Å². The summed E-state index contributed by atoms with van der Waals surface area (Å²) in [5.74, 6) is 0.202. The number of benzene rings is 1. The minimum absolute atomic E-state index is 0.0489. The average molecular weight is 429 g/mol. The SMILES string of the molecule is Cc1ccccc1C(=O)N[C@H](C(=O)Nc1nc(CN2CCC[C@@H](C)C2)cs1)C(C)C. The summed E-state index contributed by atoms with van der Waals surface area (Å²) in [7, 11) is 0. The van der Waals surface area contributed by atoms with E-state index in [2.05, 4.69) is 27.4 Å². The fraction of sp³-hybridized carbons (Fsp3) is 0.522. The number of likely N-dealkylation sites (tertiary alicyclic amines) is 1. The Bertz CT molecular complexity index is 880. The van der Waals surface area contributed by atoms with E-state index in [4.69, 9.17) is 0 Å². The van der Waals surface area contributed by atoms with Gasteiger partial charge in [-0.2, -0.15) is 0 Å². The van der Waals surface area contributed by atoms with Gasteiger partial charge in [-0.25, -0.2) is 4.98 Å². The smallest absolute Gasteiger partial charge is 0.252 e. The highest BCUT2D eigenvalue weighted by atomic mass is 32.1. The number of hydrogen-bond donors (Lipinski definition) is 2. The third-order valence-electron chi connectivity index (χ3n) is 5.53. The molecule has 0 unspecified atom stereocenters. The molecule has 1 aromatic heterocycles. The van der Waals surface area contributed by atoms with E-state index in [1.165, 1.54) is 24.2 Å². The number of rotatable bonds is 7. The van der Waals surface area contributed by atoms with Gasteiger partial charge in [0.25, 0.3) is 5.91 Å². The fourth-order valence-corrected chi connectivity index (χ4v) is 4.57. The van der Waals surface area contributed by atoms with E-state index in [0.717, 1.165) is 36.8 Å². The van der Waals surface area contributed by atoms with Crippen LogP contribution in [-0.2, 0) is 11.3 Å². The molecule has 2 aromatic rings. The molecule has 7 heteroatoms. The van der Waals surface area contributed by atoms with Crippen LogP contribution in [0.25, 0.3) is 0 Å². The summed E-state index contributed by atoms with van der Waals surface area (Å²) in [6.07, 6.45) is 2.52. The van der Waals surface area contributed by atoms with Crippen molar-refractivity contribution in [2.24, 2.45) is 11.8 Å². The Kier molecular flexibility index (Phi) is 7.61. The second-order valence-corrected chi connectivity index (χ2v) is 9.48. The molecule has 1 aliphatic rings. The van der Waals surface area contributed by atoms with Gasteiger partial charge in [-0.1, -0.05) is 39.0 Å². The molecule has 2 atom stereocenters. The predicted molar refractivity (Wildman–Crippen MR) is 122 cm³/mol. The minimum Gasteiger partial charge on any atom is -0.340 e. The van der Waals surface area contributed by atoms with Crippen molar-refractivity contribution in [3.63, 3.8) is 0 Å². The second-order valence-electron chi connectivity index (χ2n) is 8.63. The van der Waals surface area contributed by atoms with Crippen molar-refractivity contribution in [2.75, 3.05) is 18.4 Å². The van der Waals surface area contributed by atoms with Gasteiger partial charge < -0.3 is 10.6 Å². The number of carbonyl (C=O) groups excluding carboxylic acids is 2. The first-order valence-electron chi connectivity index (χ1n) is 10.7. The van der Waals surface area contributed by atoms with Crippen molar-refractivity contribution in [1.29, 1.82) is 0 Å². The van der Waals surface area contributed by atoms with Gasteiger partial charge in [-0.05, 0) is 49.8 Å². The van der Waals surface area contributed by atoms with Crippen LogP contribution in [0.15, 0.2) is 29.6 Å². The minimum atomic E-state index is -0.632. The van der Waals surface area contributed by atoms with Crippen LogP contribution in [0.1, 0.15) is 55.2 Å². The normalized spacial score (nSPS) is 18.2. The highest BCUT2D eigenvalue weighted by Gasteiger charge is 2.26. The van der Waals surface area contributed by atoms with E-state index in [0.29, 0.717) is 10.7 Å². The Hall–Kier alpha value is -2.25. The largest absolute Gasteiger partial charge is 0.340 e. The molecular formula is C23H32N4O2S. The maximum absolute atomic E-state index is 12.9. The van der Waals surface area contributed by atoms with E-state index < -0.39 is 6.04 Å². The molecular weight excluding hydrogens is 396 g/mol. The molecule has 2 N–H and O–H groups in total. The summed E-state index contributed by atoms with van der Waals surface area (Å²) >= 11 is 1.43. The highest BCUT2D eigenvalue weighted by Crippen LogP contribution is 2.21. The Balaban J connectivity index is 1.60. The third-order valence-corrected chi connectivity index (χ3v) is 6.34. The van der Waals surface area contributed by atoms with Crippen LogP contribution in [0.5, 0.6) is 0 Å². The summed E-state index contributed by atoms with van der Waals surface area (Å²) in [6, 6.07) is 6.75. The third kappa shape index (κ3) is 5.89. The van der Waals surface area contributed by atoms with Gasteiger partial charge in [0.1, 0.15) is 6.04 Å². The number of thiazole rings is 1. The zero-order valence-corrected chi connectivity index (χ0v) is 19.1. The molecule has 0 radical (unpaired) electrons. The van der Waals surface area contributed by atoms with Gasteiger partial charge in [0.05, 0.1) is 5.69 Å². The van der Waals surface area contributed by atoms with Gasteiger partial charge in [-0.15, -0.1) is 11.3 Å². The number of nitrogens with one attached hydrogen (secondary N) is 2. The average Bonchev–Trinajstić information content (AvgIpc) is 3.12. The summed E-state index contributed by atoms with van der Waals surface area (Å²) in [4.78, 5) is 32.6. The number of aryl methyl sites for hydroxylation is 1. The lowest BCUT2D eigenvalue weighted by molar-refractivity contribution is -0.118. The quantitative estimate of drug-likeness (QED) is 0.697. The number of carbonyl (C=O) groups is 2. The van der Waals surface area contributed by atoms with Gasteiger partial charge in [-0.3, -0.25) is 14.5 Å². The second kappa shape index (κ2) is 10.2. The van der Waals surface area contributed by atoms with Crippen molar-refractivity contribution in [3.8, 4) is 0 Å². The molecule has 162 valence electrons. The molecule has 0 aliphatic carbocycles. The van der Waals surface area contributed by atoms with Crippen LogP contribution >= 0.6 is 11.3 Å². The zero-order valence-electron chi connectivity index (χ0n) is 18.3. The molecule has 1 aromatic carbocycles. The molecule has 1 aliphatic heterocycles. The monoisotopic (exact) mass is 428 g/mol. The first kappa shape index (κ1) is 22.4. The first-order valence-corrected chi connectivity index (χ1v) is 11.6. The van der Waals surface area contributed by atoms with E-state index in [1.54, 1.807) is 6.07 Å². The maximum Gasteiger partial charge on any atom is 0.252 e. The first-order chi connectivity index (χ1) is 14.3. The van der Waals surface area contributed by atoms with E-state index in [1.807, 2.05) is 44.4 Å². The number of aromatic nitrogens is 1. The van der Waals surface area contributed by atoms with E-state index >= 15 is 0 Å². The Morgan fingerprint density at radius 3 is 2.77 bits per heavy atom. The number of anilines is 1. The van der Waals surface area contributed by atoms with Gasteiger partial charge in [0, 0.05) is 24.0 Å². The number of amides is 2. The maximum atomic E-state index is 12.9. The highest BCUT2D eigenvalue weighted by molar-refractivity contribution is 7.13. The number of hydrogen-bond acceptors (Lipinski definition) is 5. The Morgan fingerprint density at radius 2 is 2.07 bits per heavy atom. The van der Waals surface area contributed by atoms with Crippen molar-refractivity contribution >= 4 is 28.3 Å². The lowest BCUT2D eigenvalue weighted by Crippen LogP contribution is -2.47. The topological polar surface area (TPSA) is 74.3 Å². The van der Waals surface area contributed by atoms with Crippen molar-refractivity contribution in [2.45, 2.75) is 53.1 Å². The lowest BCUT2D eigenvalue weighted by Gasteiger charge is -2.30. The standard InChI is InChI=1S/C23H32N4O2S/c1-15(2)20(25-21(28)19-10-6-5-9-17(19)4)22(29)26-23-24-18(14-30-23)13-27-11-7-8-16(3)12-27/h5-6,9-10,14-16,20H,7-8,11-13H2,1-4H3,(H,25,28)(H,24,26,29)/t16-,20+/m1/s1. The fourth-order valence-electron chi connectivity index (χ4n) is 3.86. The molecule has 2 heterocycles. The van der Waals surface area contributed by atoms with Crippen molar-refractivity contribution in [1.82, 2.24) is 15.2 Å². The summed E-state index contributed by atoms with van der Waals surface area (Å²) < 4.78 is 0. The van der Waals surface area contributed by atoms with Crippen LogP contribution in [0.4, 0.5) is 5.13 Å². The van der Waals surface area contributed by atoms with Crippen LogP contribution < -0.4 is 10.6 Å². The van der Waals surface area contributed by atoms with Crippen LogP contribution in [0, 0.1) is 18.8 Å². The number of piperidine rings is 1. The van der Waals surface area contributed by atoms with Gasteiger partial charge >= 0.3 is 0 Å². The van der Waals surface area contributed by atoms with Crippen LogP contribution in [-0.4, -0.2) is 40.8 Å². The molecule has 0 saturated carbocycles. The molecule has 1 saturated heterocycles. The van der Waals surface area contributed by atoms with Gasteiger partial charge in [0.15, 0.2) is 5.13 Å². The van der Waals surface area contributed by atoms with Crippen molar-refractivity contribution in [3.05, 3.63) is 46.5 Å². The van der Waals surface area contributed by atoms with Crippen LogP contribution in [0.2, 0.25) is 0 Å². The molecule has 1 fully saturated rings.